The molecule has 1 aliphatic heterocycles. The SMILES string of the molecule is COc1cncc(-c2nc(N3CCC3)c3ccc(NC(=O)c4cc(CNC(=O)C(C)(C)CO)ccc4Cl)cc3n2)c1. The standard InChI is InChI=1S/C30H31ClN6O4/c1-30(2,17-38)29(40)33-14-18-5-8-24(31)23(11-18)28(39)34-20-6-7-22-25(13-20)35-26(36-27(22)37-9-4-10-37)19-12-21(41-3)16-32-15-19/h5-8,11-13,15-16,38H,4,9-10,14,17H2,1-3H3,(H,33,40)(H,34,39). The third kappa shape index (κ3) is 6.08. The Morgan fingerprint density at radius 1 is 1.10 bits per heavy atom. The van der Waals surface area contributed by atoms with Crippen molar-refractivity contribution in [2.75, 3.05) is 37.0 Å². The molecule has 4 aromatic rings. The molecule has 41 heavy (non-hydrogen) atoms. The Morgan fingerprint density at radius 2 is 1.90 bits per heavy atom. The summed E-state index contributed by atoms with van der Waals surface area (Å²) in [5, 5.41) is 16.3. The minimum absolute atomic E-state index is 0.188. The number of fused-ring (bicyclic) bond motifs is 1. The number of anilines is 2. The van der Waals surface area contributed by atoms with Gasteiger partial charge in [-0.3, -0.25) is 14.6 Å². The van der Waals surface area contributed by atoms with Gasteiger partial charge in [0.1, 0.15) is 11.6 Å². The van der Waals surface area contributed by atoms with Gasteiger partial charge < -0.3 is 25.4 Å². The van der Waals surface area contributed by atoms with Crippen LogP contribution in [0.25, 0.3) is 22.3 Å². The molecule has 0 radical (unpaired) electrons. The van der Waals surface area contributed by atoms with Gasteiger partial charge in [0.25, 0.3) is 5.91 Å². The van der Waals surface area contributed by atoms with Crippen LogP contribution >= 0.6 is 11.6 Å². The number of amides is 2. The van der Waals surface area contributed by atoms with E-state index in [-0.39, 0.29) is 29.6 Å². The lowest BCUT2D eigenvalue weighted by molar-refractivity contribution is -0.131. The highest BCUT2D eigenvalue weighted by atomic mass is 35.5. The van der Waals surface area contributed by atoms with Crippen molar-refractivity contribution in [3.8, 4) is 17.1 Å². The van der Waals surface area contributed by atoms with Gasteiger partial charge in [0, 0.05) is 42.5 Å². The number of aliphatic hydroxyl groups excluding tert-OH is 1. The fourth-order valence-corrected chi connectivity index (χ4v) is 4.49. The summed E-state index contributed by atoms with van der Waals surface area (Å²) in [5.41, 5.74) is 2.00. The van der Waals surface area contributed by atoms with Gasteiger partial charge in [-0.15, -0.1) is 0 Å². The Bertz CT molecular complexity index is 1620. The molecule has 3 N–H and O–H groups in total. The number of carbonyl (C=O) groups excluding carboxylic acids is 2. The highest BCUT2D eigenvalue weighted by Gasteiger charge is 2.26. The first-order valence-corrected chi connectivity index (χ1v) is 13.6. The van der Waals surface area contributed by atoms with E-state index < -0.39 is 11.3 Å². The van der Waals surface area contributed by atoms with Gasteiger partial charge in [-0.2, -0.15) is 0 Å². The maximum Gasteiger partial charge on any atom is 0.257 e. The van der Waals surface area contributed by atoms with Crippen LogP contribution in [0, 0.1) is 5.41 Å². The number of pyridine rings is 1. The van der Waals surface area contributed by atoms with Crippen LogP contribution in [0.1, 0.15) is 36.2 Å². The predicted octanol–water partition coefficient (Wildman–Crippen LogP) is 4.45. The van der Waals surface area contributed by atoms with Crippen molar-refractivity contribution in [2.24, 2.45) is 5.41 Å². The van der Waals surface area contributed by atoms with Crippen molar-refractivity contribution in [1.82, 2.24) is 20.3 Å². The van der Waals surface area contributed by atoms with Crippen LogP contribution in [0.3, 0.4) is 0 Å². The van der Waals surface area contributed by atoms with Crippen LogP contribution in [-0.2, 0) is 11.3 Å². The topological polar surface area (TPSA) is 130 Å². The molecule has 0 unspecified atom stereocenters. The molecule has 1 aliphatic rings. The highest BCUT2D eigenvalue weighted by molar-refractivity contribution is 6.34. The minimum atomic E-state index is -0.912. The molecule has 10 nitrogen and oxygen atoms in total. The van der Waals surface area contributed by atoms with E-state index in [1.165, 1.54) is 0 Å². The number of ether oxygens (including phenoxy) is 1. The van der Waals surface area contributed by atoms with Crippen LogP contribution in [0.2, 0.25) is 5.02 Å². The van der Waals surface area contributed by atoms with Crippen molar-refractivity contribution in [3.05, 3.63) is 71.0 Å². The van der Waals surface area contributed by atoms with Crippen molar-refractivity contribution >= 4 is 45.8 Å². The maximum atomic E-state index is 13.3. The molecule has 0 bridgehead atoms. The zero-order valence-electron chi connectivity index (χ0n) is 23.1. The minimum Gasteiger partial charge on any atom is -0.495 e. The second-order valence-electron chi connectivity index (χ2n) is 10.5. The molecule has 2 aromatic carbocycles. The maximum absolute atomic E-state index is 13.3. The average Bonchev–Trinajstić information content (AvgIpc) is 2.95. The summed E-state index contributed by atoms with van der Waals surface area (Å²) in [4.78, 5) is 41.7. The first kappa shape index (κ1) is 28.3. The Balaban J connectivity index is 1.42. The molecule has 2 aromatic heterocycles. The molecule has 1 fully saturated rings. The number of rotatable bonds is 9. The fraction of sp³-hybridized carbons (Fsp3) is 0.300. The van der Waals surface area contributed by atoms with E-state index >= 15 is 0 Å². The van der Waals surface area contributed by atoms with Crippen LogP contribution in [0.5, 0.6) is 5.75 Å². The van der Waals surface area contributed by atoms with E-state index in [0.29, 0.717) is 28.3 Å². The number of hydrogen-bond donors (Lipinski definition) is 3. The predicted molar refractivity (Wildman–Crippen MR) is 158 cm³/mol. The molecule has 212 valence electrons. The first-order chi connectivity index (χ1) is 19.7. The second kappa shape index (κ2) is 11.7. The van der Waals surface area contributed by atoms with Gasteiger partial charge in [-0.25, -0.2) is 9.97 Å². The zero-order chi connectivity index (χ0) is 29.1. The lowest BCUT2D eigenvalue weighted by Gasteiger charge is -2.33. The molecular formula is C30H31ClN6O4. The smallest absolute Gasteiger partial charge is 0.257 e. The number of benzene rings is 2. The van der Waals surface area contributed by atoms with Crippen molar-refractivity contribution in [1.29, 1.82) is 0 Å². The monoisotopic (exact) mass is 574 g/mol. The van der Waals surface area contributed by atoms with Gasteiger partial charge in [-0.1, -0.05) is 17.7 Å². The molecule has 0 atom stereocenters. The molecule has 5 rings (SSSR count). The lowest BCUT2D eigenvalue weighted by atomic mass is 9.93. The summed E-state index contributed by atoms with van der Waals surface area (Å²) in [6, 6.07) is 12.4. The van der Waals surface area contributed by atoms with E-state index in [1.54, 1.807) is 51.6 Å². The summed E-state index contributed by atoms with van der Waals surface area (Å²) in [6.45, 7) is 5.04. The van der Waals surface area contributed by atoms with Crippen LogP contribution in [-0.4, -0.2) is 58.7 Å². The summed E-state index contributed by atoms with van der Waals surface area (Å²) in [5.74, 6) is 1.26. The summed E-state index contributed by atoms with van der Waals surface area (Å²) < 4.78 is 5.33. The van der Waals surface area contributed by atoms with E-state index in [1.807, 2.05) is 24.3 Å². The van der Waals surface area contributed by atoms with Gasteiger partial charge in [0.15, 0.2) is 5.82 Å². The quantitative estimate of drug-likeness (QED) is 0.267. The van der Waals surface area contributed by atoms with Gasteiger partial charge >= 0.3 is 0 Å². The second-order valence-corrected chi connectivity index (χ2v) is 11.0. The number of aromatic nitrogens is 3. The molecule has 1 saturated heterocycles. The van der Waals surface area contributed by atoms with Gasteiger partial charge in [0.2, 0.25) is 5.91 Å². The number of hydrogen-bond acceptors (Lipinski definition) is 8. The lowest BCUT2D eigenvalue weighted by Crippen LogP contribution is -2.38. The molecule has 0 saturated carbocycles. The molecule has 11 heteroatoms. The van der Waals surface area contributed by atoms with Crippen LogP contribution < -0.4 is 20.3 Å². The molecule has 3 heterocycles. The van der Waals surface area contributed by atoms with Crippen molar-refractivity contribution in [2.45, 2.75) is 26.8 Å². The third-order valence-electron chi connectivity index (χ3n) is 7.04. The summed E-state index contributed by atoms with van der Waals surface area (Å²) in [7, 11) is 1.58. The fourth-order valence-electron chi connectivity index (χ4n) is 4.29. The number of nitrogens with zero attached hydrogens (tertiary/aromatic N) is 4. The highest BCUT2D eigenvalue weighted by Crippen LogP contribution is 2.32. The van der Waals surface area contributed by atoms with E-state index in [9.17, 15) is 14.7 Å². The number of nitrogens with one attached hydrogen (secondary N) is 2. The number of carbonyl (C=O) groups is 2. The first-order valence-electron chi connectivity index (χ1n) is 13.2. The zero-order valence-corrected chi connectivity index (χ0v) is 23.8. The van der Waals surface area contributed by atoms with Crippen LogP contribution in [0.15, 0.2) is 54.9 Å². The third-order valence-corrected chi connectivity index (χ3v) is 7.37. The normalized spacial score (nSPS) is 13.0. The van der Waals surface area contributed by atoms with Gasteiger partial charge in [-0.05, 0) is 62.2 Å². The number of halogens is 1. The Labute approximate surface area is 242 Å². The molecular weight excluding hydrogens is 544 g/mol. The van der Waals surface area contributed by atoms with Crippen LogP contribution in [0.4, 0.5) is 11.5 Å². The van der Waals surface area contributed by atoms with E-state index in [2.05, 4.69) is 20.5 Å². The average molecular weight is 575 g/mol. The number of aliphatic hydroxyl groups is 1. The molecule has 2 amide bonds. The van der Waals surface area contributed by atoms with E-state index in [4.69, 9.17) is 26.3 Å². The largest absolute Gasteiger partial charge is 0.495 e. The Kier molecular flexibility index (Phi) is 8.05. The molecule has 0 spiro atoms. The van der Waals surface area contributed by atoms with Gasteiger partial charge in [0.05, 0.1) is 41.4 Å². The Hall–Kier alpha value is -4.28. The van der Waals surface area contributed by atoms with E-state index in [0.717, 1.165) is 36.3 Å². The van der Waals surface area contributed by atoms with Crippen molar-refractivity contribution < 1.29 is 19.4 Å². The molecule has 0 aliphatic carbocycles. The number of methoxy groups -OCH3 is 1. The summed E-state index contributed by atoms with van der Waals surface area (Å²) >= 11 is 6.38. The Morgan fingerprint density at radius 3 is 2.61 bits per heavy atom. The summed E-state index contributed by atoms with van der Waals surface area (Å²) in [6.07, 6.45) is 4.41. The van der Waals surface area contributed by atoms with Crippen molar-refractivity contribution in [3.63, 3.8) is 0 Å².